The normalized spacial score (nSPS) is 11.0. The molecule has 0 saturated heterocycles. The topological polar surface area (TPSA) is 104 Å². The number of nitrogens with zero attached hydrogens (tertiary/aromatic N) is 1. The quantitative estimate of drug-likeness (QED) is 0.761. The van der Waals surface area contributed by atoms with Crippen LogP contribution in [0, 0.1) is 0 Å². The molecule has 3 N–H and O–H groups in total. The van der Waals surface area contributed by atoms with E-state index in [1.165, 1.54) is 31.4 Å². The minimum atomic E-state index is -3.78. The molecule has 0 aliphatic heterocycles. The van der Waals surface area contributed by atoms with E-state index in [1.54, 1.807) is 12.1 Å². The highest BCUT2D eigenvalue weighted by molar-refractivity contribution is 7.92. The van der Waals surface area contributed by atoms with E-state index >= 15 is 0 Å². The summed E-state index contributed by atoms with van der Waals surface area (Å²) in [5, 5.41) is 8.32. The van der Waals surface area contributed by atoms with Crippen LogP contribution in [0.4, 0.5) is 5.69 Å². The number of carbonyl (C=O) groups is 1. The van der Waals surface area contributed by atoms with Crippen molar-refractivity contribution in [2.75, 3.05) is 11.8 Å². The molecule has 0 aliphatic rings. The maximum absolute atomic E-state index is 12.0. The van der Waals surface area contributed by atoms with E-state index in [4.69, 9.17) is 0 Å². The Bertz CT molecular complexity index is 680. The molecule has 0 spiro atoms. The van der Waals surface area contributed by atoms with Crippen LogP contribution in [0.25, 0.3) is 0 Å². The van der Waals surface area contributed by atoms with Gasteiger partial charge in [-0.25, -0.2) is 0 Å². The summed E-state index contributed by atoms with van der Waals surface area (Å²) in [4.78, 5) is 11.6. The van der Waals surface area contributed by atoms with Gasteiger partial charge < -0.3 is 5.32 Å². The Morgan fingerprint density at radius 1 is 1.26 bits per heavy atom. The molecular formula is C11H12N4O3S. The largest absolute Gasteiger partial charge is 0.355 e. The molecule has 1 heterocycles. The Kier molecular flexibility index (Phi) is 3.52. The van der Waals surface area contributed by atoms with Crippen LogP contribution in [-0.2, 0) is 10.0 Å². The Balaban J connectivity index is 2.37. The van der Waals surface area contributed by atoms with Crippen molar-refractivity contribution in [3.63, 3.8) is 0 Å². The molecule has 0 saturated carbocycles. The van der Waals surface area contributed by atoms with Gasteiger partial charge in [0.15, 0.2) is 5.03 Å². The van der Waals surface area contributed by atoms with Crippen molar-refractivity contribution in [2.45, 2.75) is 5.03 Å². The third-order valence-corrected chi connectivity index (χ3v) is 3.70. The van der Waals surface area contributed by atoms with Crippen molar-refractivity contribution < 1.29 is 13.2 Å². The Morgan fingerprint density at radius 2 is 2.00 bits per heavy atom. The number of sulfonamides is 1. The molecule has 100 valence electrons. The number of nitrogens with one attached hydrogen (secondary N) is 3. The molecule has 0 radical (unpaired) electrons. The van der Waals surface area contributed by atoms with Crippen LogP contribution in [0.1, 0.15) is 10.4 Å². The molecule has 2 aromatic rings. The van der Waals surface area contributed by atoms with Gasteiger partial charge in [-0.2, -0.15) is 13.5 Å². The standard InChI is InChI=1S/C11H12N4O3S/c1-12-11(16)8-4-2-3-5-9(8)15-19(17,18)10-6-7-13-14-10/h2-7,15H,1H3,(H,12,16)(H,13,14). The zero-order valence-corrected chi connectivity index (χ0v) is 10.9. The first-order valence-electron chi connectivity index (χ1n) is 5.38. The average Bonchev–Trinajstić information content (AvgIpc) is 2.93. The van der Waals surface area contributed by atoms with Gasteiger partial charge in [0.2, 0.25) is 0 Å². The molecule has 8 heteroatoms. The van der Waals surface area contributed by atoms with Crippen LogP contribution >= 0.6 is 0 Å². The summed E-state index contributed by atoms with van der Waals surface area (Å²) >= 11 is 0. The van der Waals surface area contributed by atoms with Gasteiger partial charge in [0.1, 0.15) is 0 Å². The van der Waals surface area contributed by atoms with E-state index in [-0.39, 0.29) is 22.2 Å². The number of rotatable bonds is 4. The third kappa shape index (κ3) is 2.74. The fourth-order valence-corrected chi connectivity index (χ4v) is 2.49. The van der Waals surface area contributed by atoms with E-state index in [0.29, 0.717) is 0 Å². The number of aromatic amines is 1. The van der Waals surface area contributed by atoms with Crippen LogP contribution in [0.15, 0.2) is 41.6 Å². The van der Waals surface area contributed by atoms with E-state index in [0.717, 1.165) is 0 Å². The average molecular weight is 280 g/mol. The minimum absolute atomic E-state index is 0.0702. The monoisotopic (exact) mass is 280 g/mol. The summed E-state index contributed by atoms with van der Waals surface area (Å²) in [6.45, 7) is 0. The lowest BCUT2D eigenvalue weighted by atomic mass is 10.2. The summed E-state index contributed by atoms with van der Waals surface area (Å²) in [5.41, 5.74) is 0.449. The highest BCUT2D eigenvalue weighted by Gasteiger charge is 2.18. The predicted molar refractivity (Wildman–Crippen MR) is 69.2 cm³/mol. The smallest absolute Gasteiger partial charge is 0.278 e. The van der Waals surface area contributed by atoms with Gasteiger partial charge in [0.25, 0.3) is 15.9 Å². The molecule has 1 aromatic carbocycles. The predicted octanol–water partition coefficient (Wildman–Crippen LogP) is 0.570. The molecule has 0 aliphatic carbocycles. The Morgan fingerprint density at radius 3 is 2.63 bits per heavy atom. The zero-order valence-electron chi connectivity index (χ0n) is 10.0. The van der Waals surface area contributed by atoms with Gasteiger partial charge in [-0.3, -0.25) is 14.6 Å². The van der Waals surface area contributed by atoms with Crippen LogP contribution in [0.3, 0.4) is 0 Å². The SMILES string of the molecule is CNC(=O)c1ccccc1NS(=O)(=O)c1ccn[nH]1. The summed E-state index contributed by atoms with van der Waals surface area (Å²) < 4.78 is 26.4. The molecule has 0 fully saturated rings. The number of carbonyl (C=O) groups excluding carboxylic acids is 1. The highest BCUT2D eigenvalue weighted by Crippen LogP contribution is 2.18. The van der Waals surface area contributed by atoms with Crippen LogP contribution < -0.4 is 10.0 Å². The van der Waals surface area contributed by atoms with Gasteiger partial charge in [0, 0.05) is 7.05 Å². The first kappa shape index (κ1) is 13.1. The summed E-state index contributed by atoms with van der Waals surface area (Å²) in [6, 6.07) is 7.66. The first-order chi connectivity index (χ1) is 9.04. The number of hydrogen-bond acceptors (Lipinski definition) is 4. The van der Waals surface area contributed by atoms with E-state index < -0.39 is 10.0 Å². The molecule has 0 unspecified atom stereocenters. The number of amides is 1. The number of aromatic nitrogens is 2. The number of para-hydroxylation sites is 1. The fraction of sp³-hybridized carbons (Fsp3) is 0.0909. The molecule has 0 atom stereocenters. The van der Waals surface area contributed by atoms with Gasteiger partial charge >= 0.3 is 0 Å². The van der Waals surface area contributed by atoms with Crippen molar-refractivity contribution in [1.29, 1.82) is 0 Å². The second kappa shape index (κ2) is 5.11. The second-order valence-electron chi connectivity index (χ2n) is 3.65. The van der Waals surface area contributed by atoms with Crippen LogP contribution in [0.2, 0.25) is 0 Å². The lowest BCUT2D eigenvalue weighted by molar-refractivity contribution is 0.0964. The van der Waals surface area contributed by atoms with Crippen LogP contribution in [-0.4, -0.2) is 31.6 Å². The number of H-pyrrole nitrogens is 1. The number of benzene rings is 1. The first-order valence-corrected chi connectivity index (χ1v) is 6.86. The summed E-state index contributed by atoms with van der Waals surface area (Å²) in [7, 11) is -2.31. The maximum atomic E-state index is 12.0. The molecule has 0 bridgehead atoms. The molecule has 1 amide bonds. The number of hydrogen-bond donors (Lipinski definition) is 3. The fourth-order valence-electron chi connectivity index (χ4n) is 1.50. The van der Waals surface area contributed by atoms with Crippen molar-refractivity contribution in [3.05, 3.63) is 42.1 Å². The minimum Gasteiger partial charge on any atom is -0.355 e. The van der Waals surface area contributed by atoms with Gasteiger partial charge in [0.05, 0.1) is 17.4 Å². The van der Waals surface area contributed by atoms with Crippen molar-refractivity contribution in [1.82, 2.24) is 15.5 Å². The van der Waals surface area contributed by atoms with Gasteiger partial charge in [-0.05, 0) is 18.2 Å². The second-order valence-corrected chi connectivity index (χ2v) is 5.30. The maximum Gasteiger partial charge on any atom is 0.278 e. The van der Waals surface area contributed by atoms with E-state index in [1.807, 2.05) is 0 Å². The van der Waals surface area contributed by atoms with Crippen molar-refractivity contribution in [3.8, 4) is 0 Å². The molecular weight excluding hydrogens is 268 g/mol. The number of anilines is 1. The lowest BCUT2D eigenvalue weighted by Crippen LogP contribution is -2.21. The molecule has 19 heavy (non-hydrogen) atoms. The highest BCUT2D eigenvalue weighted by atomic mass is 32.2. The van der Waals surface area contributed by atoms with Crippen molar-refractivity contribution >= 4 is 21.6 Å². The Labute approximate surface area is 110 Å². The summed E-state index contributed by atoms with van der Waals surface area (Å²) in [6.07, 6.45) is 1.33. The van der Waals surface area contributed by atoms with E-state index in [2.05, 4.69) is 20.2 Å². The third-order valence-electron chi connectivity index (χ3n) is 2.41. The molecule has 7 nitrogen and oxygen atoms in total. The van der Waals surface area contributed by atoms with Crippen LogP contribution in [0.5, 0.6) is 0 Å². The molecule has 2 rings (SSSR count). The van der Waals surface area contributed by atoms with E-state index in [9.17, 15) is 13.2 Å². The van der Waals surface area contributed by atoms with Gasteiger partial charge in [-0.15, -0.1) is 0 Å². The zero-order chi connectivity index (χ0) is 13.9. The lowest BCUT2D eigenvalue weighted by Gasteiger charge is -2.10. The summed E-state index contributed by atoms with van der Waals surface area (Å²) in [5.74, 6) is -0.372. The molecule has 1 aromatic heterocycles. The van der Waals surface area contributed by atoms with Gasteiger partial charge in [-0.1, -0.05) is 12.1 Å². The van der Waals surface area contributed by atoms with Crippen molar-refractivity contribution in [2.24, 2.45) is 0 Å². The Hall–Kier alpha value is -2.35.